The molecular formula is C20H39NO2. The van der Waals surface area contributed by atoms with E-state index in [2.05, 4.69) is 23.6 Å². The first kappa shape index (κ1) is 20.5. The van der Waals surface area contributed by atoms with Crippen molar-refractivity contribution < 1.29 is 9.53 Å². The Bertz CT molecular complexity index is 306. The maximum Gasteiger partial charge on any atom is 0.305 e. The fourth-order valence-corrected chi connectivity index (χ4v) is 3.65. The van der Waals surface area contributed by atoms with Gasteiger partial charge in [0.15, 0.2) is 0 Å². The molecule has 136 valence electrons. The molecule has 3 heteroatoms. The van der Waals surface area contributed by atoms with E-state index >= 15 is 0 Å². The molecule has 0 aliphatic carbocycles. The topological polar surface area (TPSA) is 29.3 Å². The zero-order chi connectivity index (χ0) is 16.9. The number of esters is 1. The zero-order valence-corrected chi connectivity index (χ0v) is 15.8. The Balaban J connectivity index is 1.87. The van der Waals surface area contributed by atoms with Crippen LogP contribution in [-0.2, 0) is 9.53 Å². The summed E-state index contributed by atoms with van der Waals surface area (Å²) >= 11 is 0. The molecule has 0 radical (unpaired) electrons. The van der Waals surface area contributed by atoms with Gasteiger partial charge in [0.25, 0.3) is 0 Å². The number of hydrogen-bond donors (Lipinski definition) is 0. The Morgan fingerprint density at radius 2 is 1.30 bits per heavy atom. The molecule has 1 aliphatic rings. The molecule has 1 aliphatic heterocycles. The Morgan fingerprint density at radius 3 is 1.83 bits per heavy atom. The standard InChI is InChI=1S/C20H39NO2/c1-4-5-6-7-9-12-15-18-19(21(18)2)16-13-10-8-11-14-17-20(22)23-3/h18-19H,4-17H2,1-3H3/t18-,19-,21?/m1/s1. The van der Waals surface area contributed by atoms with Gasteiger partial charge in [-0.2, -0.15) is 0 Å². The molecule has 1 unspecified atom stereocenters. The smallest absolute Gasteiger partial charge is 0.305 e. The number of methoxy groups -OCH3 is 1. The number of likely N-dealkylation sites (N-methyl/N-ethyl adjacent to an activating group) is 1. The van der Waals surface area contributed by atoms with Gasteiger partial charge in [-0.1, -0.05) is 71.1 Å². The van der Waals surface area contributed by atoms with Gasteiger partial charge < -0.3 is 4.74 Å². The number of carbonyl (C=O) groups excluding carboxylic acids is 1. The molecule has 1 heterocycles. The Labute approximate surface area is 144 Å². The van der Waals surface area contributed by atoms with Gasteiger partial charge in [-0.15, -0.1) is 0 Å². The molecule has 0 bridgehead atoms. The van der Waals surface area contributed by atoms with Crippen molar-refractivity contribution in [1.82, 2.24) is 4.90 Å². The molecule has 0 aromatic rings. The van der Waals surface area contributed by atoms with Gasteiger partial charge in [0.2, 0.25) is 0 Å². The van der Waals surface area contributed by atoms with Crippen LogP contribution < -0.4 is 0 Å². The summed E-state index contributed by atoms with van der Waals surface area (Å²) in [6.07, 6.45) is 17.9. The van der Waals surface area contributed by atoms with Gasteiger partial charge in [0, 0.05) is 18.5 Å². The highest BCUT2D eigenvalue weighted by atomic mass is 16.5. The van der Waals surface area contributed by atoms with Crippen molar-refractivity contribution in [3.05, 3.63) is 0 Å². The van der Waals surface area contributed by atoms with E-state index in [-0.39, 0.29) is 5.97 Å². The summed E-state index contributed by atoms with van der Waals surface area (Å²) in [6, 6.07) is 1.74. The molecule has 1 fully saturated rings. The van der Waals surface area contributed by atoms with Crippen LogP contribution in [0, 0.1) is 0 Å². The number of nitrogens with zero attached hydrogens (tertiary/aromatic N) is 1. The van der Waals surface area contributed by atoms with E-state index in [9.17, 15) is 4.79 Å². The molecule has 23 heavy (non-hydrogen) atoms. The molecule has 3 nitrogen and oxygen atoms in total. The van der Waals surface area contributed by atoms with Gasteiger partial charge in [0.05, 0.1) is 7.11 Å². The van der Waals surface area contributed by atoms with Crippen molar-refractivity contribution in [2.24, 2.45) is 0 Å². The number of ether oxygens (including phenoxy) is 1. The molecule has 0 aromatic carbocycles. The normalized spacial score (nSPS) is 23.0. The second kappa shape index (κ2) is 12.8. The van der Waals surface area contributed by atoms with E-state index in [1.165, 1.54) is 77.7 Å². The lowest BCUT2D eigenvalue weighted by molar-refractivity contribution is -0.140. The van der Waals surface area contributed by atoms with Crippen molar-refractivity contribution in [3.8, 4) is 0 Å². The number of carbonyl (C=O) groups is 1. The van der Waals surface area contributed by atoms with Crippen LogP contribution in [0.2, 0.25) is 0 Å². The van der Waals surface area contributed by atoms with E-state index < -0.39 is 0 Å². The largest absolute Gasteiger partial charge is 0.469 e. The van der Waals surface area contributed by atoms with Crippen LogP contribution in [0.5, 0.6) is 0 Å². The van der Waals surface area contributed by atoms with Crippen LogP contribution in [0.25, 0.3) is 0 Å². The molecule has 0 saturated carbocycles. The summed E-state index contributed by atoms with van der Waals surface area (Å²) in [7, 11) is 3.76. The summed E-state index contributed by atoms with van der Waals surface area (Å²) in [4.78, 5) is 13.6. The van der Waals surface area contributed by atoms with Crippen molar-refractivity contribution in [1.29, 1.82) is 0 Å². The Hall–Kier alpha value is -0.570. The SMILES string of the molecule is CCCCCCCC[C@@H]1[C@@H](CCCCCCCC(=O)OC)N1C. The highest BCUT2D eigenvalue weighted by Crippen LogP contribution is 2.34. The third-order valence-corrected chi connectivity index (χ3v) is 5.36. The molecule has 0 spiro atoms. The molecule has 0 amide bonds. The maximum atomic E-state index is 11.0. The van der Waals surface area contributed by atoms with E-state index in [4.69, 9.17) is 0 Å². The summed E-state index contributed by atoms with van der Waals surface area (Å²) in [6.45, 7) is 2.28. The second-order valence-electron chi connectivity index (χ2n) is 7.24. The first-order valence-corrected chi connectivity index (χ1v) is 9.99. The highest BCUT2D eigenvalue weighted by Gasteiger charge is 2.42. The van der Waals surface area contributed by atoms with Crippen LogP contribution in [-0.4, -0.2) is 37.1 Å². The predicted molar refractivity (Wildman–Crippen MR) is 97.7 cm³/mol. The summed E-state index contributed by atoms with van der Waals surface area (Å²) in [5.74, 6) is -0.0675. The monoisotopic (exact) mass is 325 g/mol. The van der Waals surface area contributed by atoms with Crippen molar-refractivity contribution >= 4 is 5.97 Å². The molecule has 3 atom stereocenters. The number of unbranched alkanes of at least 4 members (excludes halogenated alkanes) is 9. The molecule has 1 saturated heterocycles. The van der Waals surface area contributed by atoms with Crippen molar-refractivity contribution in [2.75, 3.05) is 14.2 Å². The van der Waals surface area contributed by atoms with Crippen LogP contribution in [0.3, 0.4) is 0 Å². The minimum atomic E-state index is -0.0675. The maximum absolute atomic E-state index is 11.0. The van der Waals surface area contributed by atoms with E-state index in [0.717, 1.165) is 24.9 Å². The van der Waals surface area contributed by atoms with Gasteiger partial charge in [-0.05, 0) is 26.3 Å². The van der Waals surface area contributed by atoms with Crippen LogP contribution in [0.15, 0.2) is 0 Å². The fraction of sp³-hybridized carbons (Fsp3) is 0.950. The quantitative estimate of drug-likeness (QED) is 0.232. The first-order chi connectivity index (χ1) is 11.2. The molecule has 0 aromatic heterocycles. The first-order valence-electron chi connectivity index (χ1n) is 9.99. The lowest BCUT2D eigenvalue weighted by Gasteiger charge is -2.02. The minimum Gasteiger partial charge on any atom is -0.469 e. The van der Waals surface area contributed by atoms with E-state index in [0.29, 0.717) is 6.42 Å². The number of rotatable bonds is 15. The number of hydrogen-bond acceptors (Lipinski definition) is 3. The Morgan fingerprint density at radius 1 is 0.826 bits per heavy atom. The second-order valence-corrected chi connectivity index (χ2v) is 7.24. The van der Waals surface area contributed by atoms with Gasteiger partial charge in [-0.25, -0.2) is 0 Å². The zero-order valence-electron chi connectivity index (χ0n) is 15.8. The summed E-state index contributed by atoms with van der Waals surface area (Å²) in [5.41, 5.74) is 0. The summed E-state index contributed by atoms with van der Waals surface area (Å²) in [5, 5.41) is 0. The van der Waals surface area contributed by atoms with Gasteiger partial charge in [0.1, 0.15) is 0 Å². The lowest BCUT2D eigenvalue weighted by atomic mass is 10.0. The van der Waals surface area contributed by atoms with Gasteiger partial charge >= 0.3 is 5.97 Å². The summed E-state index contributed by atoms with van der Waals surface area (Å²) < 4.78 is 4.66. The third-order valence-electron chi connectivity index (χ3n) is 5.36. The Kier molecular flexibility index (Phi) is 11.4. The van der Waals surface area contributed by atoms with Crippen LogP contribution >= 0.6 is 0 Å². The third kappa shape index (κ3) is 9.34. The van der Waals surface area contributed by atoms with E-state index in [1.54, 1.807) is 0 Å². The van der Waals surface area contributed by atoms with Crippen LogP contribution in [0.4, 0.5) is 0 Å². The highest BCUT2D eigenvalue weighted by molar-refractivity contribution is 5.68. The average Bonchev–Trinajstić information content (AvgIpc) is 3.18. The van der Waals surface area contributed by atoms with Gasteiger partial charge in [-0.3, -0.25) is 9.69 Å². The minimum absolute atomic E-state index is 0.0675. The fourth-order valence-electron chi connectivity index (χ4n) is 3.65. The van der Waals surface area contributed by atoms with Crippen LogP contribution in [0.1, 0.15) is 96.8 Å². The average molecular weight is 326 g/mol. The molecular weight excluding hydrogens is 286 g/mol. The van der Waals surface area contributed by atoms with Crippen molar-refractivity contribution in [3.63, 3.8) is 0 Å². The van der Waals surface area contributed by atoms with Crippen molar-refractivity contribution in [2.45, 2.75) is 109 Å². The molecule has 1 rings (SSSR count). The van der Waals surface area contributed by atoms with E-state index in [1.807, 2.05) is 0 Å². The predicted octanol–water partition coefficient (Wildman–Crippen LogP) is 5.32. The molecule has 0 N–H and O–H groups in total. The lowest BCUT2D eigenvalue weighted by Crippen LogP contribution is -1.99.